The van der Waals surface area contributed by atoms with E-state index in [-0.39, 0.29) is 22.5 Å². The van der Waals surface area contributed by atoms with Gasteiger partial charge in [0.15, 0.2) is 11.5 Å². The van der Waals surface area contributed by atoms with Gasteiger partial charge < -0.3 is 14.2 Å². The summed E-state index contributed by atoms with van der Waals surface area (Å²) in [5.74, 6) is 1.33. The monoisotopic (exact) mass is 360 g/mol. The summed E-state index contributed by atoms with van der Waals surface area (Å²) in [4.78, 5) is 0. The van der Waals surface area contributed by atoms with Crippen LogP contribution in [-0.4, -0.2) is 23.4 Å². The van der Waals surface area contributed by atoms with Crippen LogP contribution in [0.15, 0.2) is 18.3 Å². The summed E-state index contributed by atoms with van der Waals surface area (Å²) >= 11 is 18.1. The van der Waals surface area contributed by atoms with Crippen molar-refractivity contribution in [3.8, 4) is 17.4 Å². The minimum atomic E-state index is 0.164. The predicted molar refractivity (Wildman–Crippen MR) is 83.4 cm³/mol. The van der Waals surface area contributed by atoms with Gasteiger partial charge in [-0.15, -0.1) is 5.10 Å². The molecule has 2 heterocycles. The molecule has 0 unspecified atom stereocenters. The van der Waals surface area contributed by atoms with Gasteiger partial charge in [0.25, 0.3) is 5.88 Å². The lowest BCUT2D eigenvalue weighted by Gasteiger charge is -2.12. The van der Waals surface area contributed by atoms with Crippen molar-refractivity contribution in [2.24, 2.45) is 0 Å². The van der Waals surface area contributed by atoms with Crippen LogP contribution >= 0.6 is 34.8 Å². The van der Waals surface area contributed by atoms with Crippen LogP contribution in [0.25, 0.3) is 0 Å². The molecular formula is C14H11Cl3N2O3. The average molecular weight is 362 g/mol. The van der Waals surface area contributed by atoms with Gasteiger partial charge in [-0.05, 0) is 17.7 Å². The maximum atomic E-state index is 6.22. The molecule has 3 rings (SSSR count). The normalized spacial score (nSPS) is 13.6. The minimum absolute atomic E-state index is 0.164. The zero-order chi connectivity index (χ0) is 15.5. The van der Waals surface area contributed by atoms with Crippen LogP contribution in [0.1, 0.15) is 12.0 Å². The lowest BCUT2D eigenvalue weighted by Crippen LogP contribution is -2.01. The van der Waals surface area contributed by atoms with Crippen molar-refractivity contribution >= 4 is 34.8 Å². The summed E-state index contributed by atoms with van der Waals surface area (Å²) in [5, 5.41) is 8.47. The Kier molecular flexibility index (Phi) is 4.76. The Morgan fingerprint density at radius 1 is 1.09 bits per heavy atom. The molecule has 0 spiro atoms. The van der Waals surface area contributed by atoms with E-state index in [1.807, 2.05) is 6.07 Å². The van der Waals surface area contributed by atoms with E-state index in [9.17, 15) is 0 Å². The molecule has 2 aromatic rings. The molecule has 0 atom stereocenters. The highest BCUT2D eigenvalue weighted by atomic mass is 35.5. The first kappa shape index (κ1) is 15.5. The van der Waals surface area contributed by atoms with E-state index in [0.29, 0.717) is 29.7 Å². The van der Waals surface area contributed by atoms with Gasteiger partial charge >= 0.3 is 0 Å². The zero-order valence-electron chi connectivity index (χ0n) is 11.3. The van der Waals surface area contributed by atoms with Crippen LogP contribution in [0, 0.1) is 0 Å². The van der Waals surface area contributed by atoms with Gasteiger partial charge in [0.1, 0.15) is 11.6 Å². The van der Waals surface area contributed by atoms with Gasteiger partial charge in [-0.2, -0.15) is 5.10 Å². The maximum Gasteiger partial charge on any atom is 0.254 e. The summed E-state index contributed by atoms with van der Waals surface area (Å²) in [7, 11) is 0. The fraction of sp³-hybridized carbons (Fsp3) is 0.286. The van der Waals surface area contributed by atoms with Crippen molar-refractivity contribution in [2.75, 3.05) is 13.2 Å². The quantitative estimate of drug-likeness (QED) is 0.821. The number of fused-ring (bicyclic) bond motifs is 1. The van der Waals surface area contributed by atoms with E-state index in [1.54, 1.807) is 6.07 Å². The summed E-state index contributed by atoms with van der Waals surface area (Å²) in [6, 6.07) is 3.57. The summed E-state index contributed by atoms with van der Waals surface area (Å²) in [6.45, 7) is 1.36. The lowest BCUT2D eigenvalue weighted by molar-refractivity contribution is 0.287. The Morgan fingerprint density at radius 2 is 1.91 bits per heavy atom. The first-order chi connectivity index (χ1) is 10.6. The van der Waals surface area contributed by atoms with E-state index in [4.69, 9.17) is 49.0 Å². The second kappa shape index (κ2) is 6.77. The predicted octanol–water partition coefficient (Wildman–Crippen LogP) is 4.18. The Balaban J connectivity index is 1.80. The van der Waals surface area contributed by atoms with Crippen molar-refractivity contribution in [3.63, 3.8) is 0 Å². The molecule has 22 heavy (non-hydrogen) atoms. The van der Waals surface area contributed by atoms with E-state index in [2.05, 4.69) is 10.2 Å². The lowest BCUT2D eigenvalue weighted by atomic mass is 10.2. The number of benzene rings is 1. The molecule has 1 aliphatic heterocycles. The van der Waals surface area contributed by atoms with E-state index >= 15 is 0 Å². The Morgan fingerprint density at radius 3 is 2.77 bits per heavy atom. The molecule has 0 saturated heterocycles. The van der Waals surface area contributed by atoms with Gasteiger partial charge in [-0.1, -0.05) is 34.8 Å². The van der Waals surface area contributed by atoms with Gasteiger partial charge in [-0.25, -0.2) is 0 Å². The molecule has 1 aromatic carbocycles. The molecule has 0 N–H and O–H groups in total. The van der Waals surface area contributed by atoms with Gasteiger partial charge in [0.2, 0.25) is 0 Å². The molecule has 0 fully saturated rings. The van der Waals surface area contributed by atoms with Crippen molar-refractivity contribution in [2.45, 2.75) is 13.0 Å². The molecule has 0 aliphatic carbocycles. The minimum Gasteiger partial charge on any atom is -0.489 e. The smallest absolute Gasteiger partial charge is 0.254 e. The molecule has 5 nitrogen and oxygen atoms in total. The zero-order valence-corrected chi connectivity index (χ0v) is 13.6. The first-order valence-electron chi connectivity index (χ1n) is 6.52. The fourth-order valence-electron chi connectivity index (χ4n) is 1.95. The third-order valence-electron chi connectivity index (χ3n) is 2.95. The number of halogens is 3. The van der Waals surface area contributed by atoms with Crippen LogP contribution in [0.3, 0.4) is 0 Å². The molecule has 0 bridgehead atoms. The molecule has 0 radical (unpaired) electrons. The van der Waals surface area contributed by atoms with Crippen LogP contribution in [-0.2, 0) is 6.61 Å². The standard InChI is InChI=1S/C14H11Cl3N2O3/c15-9-4-8(5-11-13(9)21-3-1-2-20-11)7-22-14-12(17)10(16)6-18-19-14/h4-6H,1-3,7H2. The number of aromatic nitrogens is 2. The molecule has 0 amide bonds. The molecule has 1 aliphatic rings. The first-order valence-corrected chi connectivity index (χ1v) is 7.66. The SMILES string of the molecule is Clc1cnnc(OCc2cc(Cl)c3c(c2)OCCCO3)c1Cl. The maximum absolute atomic E-state index is 6.22. The van der Waals surface area contributed by atoms with E-state index < -0.39 is 0 Å². The molecular weight excluding hydrogens is 351 g/mol. The third-order valence-corrected chi connectivity index (χ3v) is 3.98. The highest BCUT2D eigenvalue weighted by molar-refractivity contribution is 6.42. The number of hydrogen-bond donors (Lipinski definition) is 0. The molecule has 116 valence electrons. The Labute approximate surface area is 142 Å². The van der Waals surface area contributed by atoms with Crippen molar-refractivity contribution < 1.29 is 14.2 Å². The highest BCUT2D eigenvalue weighted by Gasteiger charge is 2.16. The number of rotatable bonds is 3. The van der Waals surface area contributed by atoms with Crippen LogP contribution < -0.4 is 14.2 Å². The second-order valence-electron chi connectivity index (χ2n) is 4.56. The fourth-order valence-corrected chi connectivity index (χ4v) is 2.50. The molecule has 0 saturated carbocycles. The van der Waals surface area contributed by atoms with Gasteiger partial charge in [-0.3, -0.25) is 0 Å². The van der Waals surface area contributed by atoms with Gasteiger partial charge in [0.05, 0.1) is 29.5 Å². The summed E-state index contributed by atoms with van der Waals surface area (Å²) in [6.07, 6.45) is 2.16. The van der Waals surface area contributed by atoms with Crippen molar-refractivity contribution in [1.82, 2.24) is 10.2 Å². The van der Waals surface area contributed by atoms with E-state index in [0.717, 1.165) is 12.0 Å². The Bertz CT molecular complexity index is 697. The van der Waals surface area contributed by atoms with Crippen molar-refractivity contribution in [3.05, 3.63) is 39.0 Å². The number of nitrogens with zero attached hydrogens (tertiary/aromatic N) is 2. The van der Waals surface area contributed by atoms with Crippen LogP contribution in [0.4, 0.5) is 0 Å². The molecule has 1 aromatic heterocycles. The number of hydrogen-bond acceptors (Lipinski definition) is 5. The van der Waals surface area contributed by atoms with Crippen LogP contribution in [0.2, 0.25) is 15.1 Å². The number of ether oxygens (including phenoxy) is 3. The van der Waals surface area contributed by atoms with Gasteiger partial charge in [0, 0.05) is 6.42 Å². The molecule has 8 heteroatoms. The second-order valence-corrected chi connectivity index (χ2v) is 5.75. The van der Waals surface area contributed by atoms with Crippen molar-refractivity contribution in [1.29, 1.82) is 0 Å². The Hall–Kier alpha value is -1.43. The summed E-state index contributed by atoms with van der Waals surface area (Å²) < 4.78 is 16.7. The topological polar surface area (TPSA) is 53.5 Å². The third kappa shape index (κ3) is 3.32. The largest absolute Gasteiger partial charge is 0.489 e. The van der Waals surface area contributed by atoms with E-state index in [1.165, 1.54) is 6.20 Å². The van der Waals surface area contributed by atoms with Crippen LogP contribution in [0.5, 0.6) is 17.4 Å². The average Bonchev–Trinajstić information content (AvgIpc) is 2.74. The summed E-state index contributed by atoms with van der Waals surface area (Å²) in [5.41, 5.74) is 0.798. The highest BCUT2D eigenvalue weighted by Crippen LogP contribution is 2.38.